The molecule has 1 amide bonds. The number of ether oxygens (including phenoxy) is 1. The van der Waals surface area contributed by atoms with E-state index in [0.29, 0.717) is 35.4 Å². The van der Waals surface area contributed by atoms with Crippen LogP contribution in [0, 0.1) is 5.82 Å². The monoisotopic (exact) mass is 510 g/mol. The number of fused-ring (bicyclic) bond motifs is 1. The Kier molecular flexibility index (Phi) is 7.06. The maximum atomic E-state index is 13.2. The fourth-order valence-electron chi connectivity index (χ4n) is 3.03. The molecule has 0 bridgehead atoms. The fraction of sp³-hybridized carbons (Fsp3) is 0.130. The van der Waals surface area contributed by atoms with Crippen LogP contribution in [0.2, 0.25) is 0 Å². The first-order valence-electron chi connectivity index (χ1n) is 10.1. The molecule has 2 heterocycles. The number of benzene rings is 2. The molecule has 4 rings (SSSR count). The third-order valence-corrected chi connectivity index (χ3v) is 5.32. The Morgan fingerprint density at radius 2 is 1.85 bits per heavy atom. The Hall–Kier alpha value is -3.63. The van der Waals surface area contributed by atoms with Gasteiger partial charge in [-0.25, -0.2) is 14.2 Å². The number of nitrogens with zero attached hydrogens (tertiary/aromatic N) is 3. The molecule has 0 saturated heterocycles. The second kappa shape index (κ2) is 10.3. The minimum absolute atomic E-state index is 0.114. The van der Waals surface area contributed by atoms with Crippen molar-refractivity contribution >= 4 is 44.7 Å². The highest BCUT2D eigenvalue weighted by Crippen LogP contribution is 2.36. The molecule has 0 unspecified atom stereocenters. The third kappa shape index (κ3) is 5.60. The van der Waals surface area contributed by atoms with Gasteiger partial charge in [0.2, 0.25) is 11.8 Å². The third-order valence-electron chi connectivity index (χ3n) is 4.63. The second-order valence-electron chi connectivity index (χ2n) is 6.98. The molecule has 0 saturated carbocycles. The smallest absolute Gasteiger partial charge is 0.391 e. The van der Waals surface area contributed by atoms with Gasteiger partial charge < -0.3 is 20.7 Å². The van der Waals surface area contributed by atoms with E-state index in [0.717, 1.165) is 10.0 Å². The number of pyridine rings is 1. The van der Waals surface area contributed by atoms with Crippen molar-refractivity contribution < 1.29 is 13.9 Å². The van der Waals surface area contributed by atoms with E-state index < -0.39 is 6.09 Å². The molecule has 33 heavy (non-hydrogen) atoms. The number of amides is 1. The van der Waals surface area contributed by atoms with Crippen molar-refractivity contribution in [1.82, 2.24) is 25.6 Å². The number of nitrogens with one attached hydrogen (secondary N) is 3. The number of rotatable bonds is 7. The summed E-state index contributed by atoms with van der Waals surface area (Å²) in [5.74, 6) is 0.0542. The Bertz CT molecular complexity index is 1290. The summed E-state index contributed by atoms with van der Waals surface area (Å²) in [5.41, 5.74) is 2.38. The SMILES string of the molecule is CNCCNC(=O)Oc1nc2nc(Nc3ccc(F)cc3)ncc2cc1-c1ccccc1Br. The maximum Gasteiger partial charge on any atom is 0.414 e. The van der Waals surface area contributed by atoms with E-state index in [9.17, 15) is 9.18 Å². The minimum Gasteiger partial charge on any atom is -0.391 e. The summed E-state index contributed by atoms with van der Waals surface area (Å²) >= 11 is 3.54. The van der Waals surface area contributed by atoms with Crippen LogP contribution in [0.15, 0.2) is 65.3 Å². The van der Waals surface area contributed by atoms with Crippen LogP contribution >= 0.6 is 15.9 Å². The number of aromatic nitrogens is 3. The lowest BCUT2D eigenvalue weighted by Gasteiger charge is -2.13. The topological polar surface area (TPSA) is 101 Å². The Balaban J connectivity index is 1.71. The van der Waals surface area contributed by atoms with Crippen LogP contribution in [0.4, 0.5) is 20.8 Å². The maximum absolute atomic E-state index is 13.2. The number of halogens is 2. The van der Waals surface area contributed by atoms with Crippen molar-refractivity contribution in [3.05, 3.63) is 71.1 Å². The van der Waals surface area contributed by atoms with Crippen LogP contribution in [-0.4, -0.2) is 41.2 Å². The van der Waals surface area contributed by atoms with Crippen molar-refractivity contribution in [2.24, 2.45) is 0 Å². The Labute approximate surface area is 197 Å². The van der Waals surface area contributed by atoms with Crippen LogP contribution in [0.5, 0.6) is 5.88 Å². The molecular formula is C23H20BrFN6O2. The molecule has 2 aromatic heterocycles. The molecule has 8 nitrogen and oxygen atoms in total. The Morgan fingerprint density at radius 1 is 1.06 bits per heavy atom. The molecular weight excluding hydrogens is 491 g/mol. The first-order valence-corrected chi connectivity index (χ1v) is 10.9. The quantitative estimate of drug-likeness (QED) is 0.311. The van der Waals surface area contributed by atoms with Crippen LogP contribution in [0.3, 0.4) is 0 Å². The number of carbonyl (C=O) groups excluding carboxylic acids is 1. The molecule has 0 fully saturated rings. The zero-order valence-corrected chi connectivity index (χ0v) is 19.2. The second-order valence-corrected chi connectivity index (χ2v) is 7.83. The van der Waals surface area contributed by atoms with Gasteiger partial charge in [-0.1, -0.05) is 34.1 Å². The van der Waals surface area contributed by atoms with E-state index >= 15 is 0 Å². The number of hydrogen-bond donors (Lipinski definition) is 3. The van der Waals surface area contributed by atoms with E-state index in [4.69, 9.17) is 4.74 Å². The molecule has 4 aromatic rings. The summed E-state index contributed by atoms with van der Waals surface area (Å²) in [5, 5.41) is 9.29. The van der Waals surface area contributed by atoms with Gasteiger partial charge >= 0.3 is 6.09 Å². The number of anilines is 2. The van der Waals surface area contributed by atoms with Crippen molar-refractivity contribution in [1.29, 1.82) is 0 Å². The molecule has 0 spiro atoms. The summed E-state index contributed by atoms with van der Waals surface area (Å²) in [4.78, 5) is 25.6. The minimum atomic E-state index is -0.621. The van der Waals surface area contributed by atoms with Crippen LogP contribution in [0.25, 0.3) is 22.2 Å². The molecule has 0 aliphatic heterocycles. The van der Waals surface area contributed by atoms with Crippen molar-refractivity contribution in [3.63, 3.8) is 0 Å². The molecule has 168 valence electrons. The van der Waals surface area contributed by atoms with Gasteiger partial charge in [0.25, 0.3) is 0 Å². The van der Waals surface area contributed by atoms with Crippen LogP contribution in [0.1, 0.15) is 0 Å². The standard InChI is InChI=1S/C23H20BrFN6O2/c1-26-10-11-27-23(32)33-21-18(17-4-2-3-5-19(17)24)12-14-13-28-22(31-20(14)30-21)29-16-8-6-15(25)7-9-16/h2-9,12-13,26H,10-11H2,1H3,(H,27,32)(H,28,29,30,31). The molecule has 2 aromatic carbocycles. The number of likely N-dealkylation sites (N-methyl/N-ethyl adjacent to an activating group) is 1. The highest BCUT2D eigenvalue weighted by Gasteiger charge is 2.17. The van der Waals surface area contributed by atoms with Crippen LogP contribution < -0.4 is 20.7 Å². The van der Waals surface area contributed by atoms with E-state index in [1.807, 2.05) is 30.3 Å². The number of hydrogen-bond acceptors (Lipinski definition) is 7. The summed E-state index contributed by atoms with van der Waals surface area (Å²) in [6.45, 7) is 1.00. The molecule has 10 heteroatoms. The number of carbonyl (C=O) groups is 1. The summed E-state index contributed by atoms with van der Waals surface area (Å²) in [6.07, 6.45) is 1.00. The van der Waals surface area contributed by atoms with E-state index in [2.05, 4.69) is 46.8 Å². The van der Waals surface area contributed by atoms with Gasteiger partial charge in [0, 0.05) is 46.0 Å². The molecule has 0 radical (unpaired) electrons. The van der Waals surface area contributed by atoms with Gasteiger partial charge in [0.05, 0.1) is 0 Å². The van der Waals surface area contributed by atoms with Crippen LogP contribution in [-0.2, 0) is 0 Å². The average Bonchev–Trinajstić information content (AvgIpc) is 2.81. The summed E-state index contributed by atoms with van der Waals surface area (Å²) in [7, 11) is 1.79. The summed E-state index contributed by atoms with van der Waals surface area (Å²) < 4.78 is 19.5. The van der Waals surface area contributed by atoms with Gasteiger partial charge in [-0.05, 0) is 43.4 Å². The van der Waals surface area contributed by atoms with Crippen molar-refractivity contribution in [2.75, 3.05) is 25.5 Å². The lowest BCUT2D eigenvalue weighted by Crippen LogP contribution is -2.32. The normalized spacial score (nSPS) is 10.8. The van der Waals surface area contributed by atoms with Crippen molar-refractivity contribution in [2.45, 2.75) is 0 Å². The van der Waals surface area contributed by atoms with Gasteiger partial charge in [0.15, 0.2) is 5.65 Å². The lowest BCUT2D eigenvalue weighted by atomic mass is 10.1. The fourth-order valence-corrected chi connectivity index (χ4v) is 3.53. The lowest BCUT2D eigenvalue weighted by molar-refractivity contribution is 0.199. The predicted molar refractivity (Wildman–Crippen MR) is 128 cm³/mol. The molecule has 0 atom stereocenters. The molecule has 0 aliphatic carbocycles. The van der Waals surface area contributed by atoms with E-state index in [-0.39, 0.29) is 17.6 Å². The van der Waals surface area contributed by atoms with E-state index in [1.54, 1.807) is 25.4 Å². The predicted octanol–water partition coefficient (Wildman–Crippen LogP) is 4.64. The first kappa shape index (κ1) is 22.6. The van der Waals surface area contributed by atoms with E-state index in [1.165, 1.54) is 12.1 Å². The van der Waals surface area contributed by atoms with Gasteiger partial charge in [0.1, 0.15) is 5.82 Å². The van der Waals surface area contributed by atoms with Gasteiger partial charge in [-0.2, -0.15) is 9.97 Å². The first-order chi connectivity index (χ1) is 16.0. The largest absolute Gasteiger partial charge is 0.414 e. The molecule has 0 aliphatic rings. The van der Waals surface area contributed by atoms with Gasteiger partial charge in [-0.3, -0.25) is 0 Å². The zero-order valence-electron chi connectivity index (χ0n) is 17.6. The zero-order chi connectivity index (χ0) is 23.2. The highest BCUT2D eigenvalue weighted by atomic mass is 79.9. The van der Waals surface area contributed by atoms with Crippen molar-refractivity contribution in [3.8, 4) is 17.0 Å². The van der Waals surface area contributed by atoms with Gasteiger partial charge in [-0.15, -0.1) is 0 Å². The highest BCUT2D eigenvalue weighted by molar-refractivity contribution is 9.10. The Morgan fingerprint density at radius 3 is 2.61 bits per heavy atom. The summed E-state index contributed by atoms with van der Waals surface area (Å²) in [6, 6.07) is 15.2. The average molecular weight is 511 g/mol. The molecule has 3 N–H and O–H groups in total.